The van der Waals surface area contributed by atoms with Crippen LogP contribution in [-0.2, 0) is 14.3 Å². The summed E-state index contributed by atoms with van der Waals surface area (Å²) in [5, 5.41) is 0.561. The van der Waals surface area contributed by atoms with E-state index in [1.807, 2.05) is 0 Å². The van der Waals surface area contributed by atoms with Gasteiger partial charge in [0.05, 0.1) is 5.56 Å². The van der Waals surface area contributed by atoms with Crippen LogP contribution >= 0.6 is 11.6 Å². The lowest BCUT2D eigenvalue weighted by atomic mass is 10.1. The molecule has 2 rings (SSSR count). The van der Waals surface area contributed by atoms with E-state index in [1.165, 1.54) is 6.20 Å². The van der Waals surface area contributed by atoms with Gasteiger partial charge in [-0.25, -0.2) is 9.59 Å². The minimum absolute atomic E-state index is 0.184. The predicted octanol–water partition coefficient (Wildman–Crippen LogP) is 3.50. The Balaban J connectivity index is 1.85. The third kappa shape index (κ3) is 5.74. The molecule has 0 bridgehead atoms. The highest BCUT2D eigenvalue weighted by molar-refractivity contribution is 6.30. The lowest BCUT2D eigenvalue weighted by molar-refractivity contribution is -0.164. The second-order valence-electron chi connectivity index (χ2n) is 5.93. The molecule has 0 spiro atoms. The van der Waals surface area contributed by atoms with Crippen molar-refractivity contribution in [3.8, 4) is 5.75 Å². The number of hydrogen-bond acceptors (Lipinski definition) is 6. The molecule has 0 saturated heterocycles. The quantitative estimate of drug-likeness (QED) is 0.688. The molecule has 137 valence electrons. The molecular weight excluding hydrogens is 358 g/mol. The van der Waals surface area contributed by atoms with Crippen LogP contribution in [0.5, 0.6) is 5.75 Å². The number of carbonyl (C=O) groups excluding carboxylic acids is 2. The fourth-order valence-electron chi connectivity index (χ4n) is 1.90. The zero-order valence-corrected chi connectivity index (χ0v) is 15.2. The summed E-state index contributed by atoms with van der Waals surface area (Å²) in [4.78, 5) is 28.0. The number of carbonyl (C=O) groups is 2. The molecule has 26 heavy (non-hydrogen) atoms. The summed E-state index contributed by atoms with van der Waals surface area (Å²) in [7, 11) is 0. The summed E-state index contributed by atoms with van der Waals surface area (Å²) in [5.41, 5.74) is -0.950. The van der Waals surface area contributed by atoms with Crippen molar-refractivity contribution < 1.29 is 23.8 Å². The normalized spacial score (nSPS) is 12.2. The Morgan fingerprint density at radius 1 is 1.23 bits per heavy atom. The minimum Gasteiger partial charge on any atom is -0.476 e. The maximum Gasteiger partial charge on any atom is 0.350 e. The molecular formula is C19H19ClNO5. The van der Waals surface area contributed by atoms with Gasteiger partial charge in [-0.3, -0.25) is 4.98 Å². The fraction of sp³-hybridized carbons (Fsp3) is 0.263. The van der Waals surface area contributed by atoms with Gasteiger partial charge in [-0.05, 0) is 57.2 Å². The van der Waals surface area contributed by atoms with Gasteiger partial charge in [-0.2, -0.15) is 0 Å². The van der Waals surface area contributed by atoms with Gasteiger partial charge in [0.1, 0.15) is 18.5 Å². The zero-order chi connectivity index (χ0) is 19.2. The summed E-state index contributed by atoms with van der Waals surface area (Å²) in [6.07, 6.45) is 2.05. The van der Waals surface area contributed by atoms with Gasteiger partial charge in [0.15, 0.2) is 5.60 Å². The van der Waals surface area contributed by atoms with E-state index in [-0.39, 0.29) is 6.61 Å². The monoisotopic (exact) mass is 376 g/mol. The summed E-state index contributed by atoms with van der Waals surface area (Å²) in [5.74, 6) is -0.732. The average Bonchev–Trinajstić information content (AvgIpc) is 2.62. The van der Waals surface area contributed by atoms with E-state index in [0.29, 0.717) is 16.3 Å². The van der Waals surface area contributed by atoms with Crippen molar-refractivity contribution in [1.82, 2.24) is 4.98 Å². The van der Waals surface area contributed by atoms with Crippen LogP contribution in [0.2, 0.25) is 5.02 Å². The van der Waals surface area contributed by atoms with Gasteiger partial charge in [0.2, 0.25) is 0 Å². The standard InChI is InChI=1S/C19H19ClNO5/c1-13(12-24-17(22)14-5-4-10-21-11-14)25-18(23)19(2,3)26-16-8-6-15(20)7-9-16/h4-11,13H,1,12H2,2-3H3. The highest BCUT2D eigenvalue weighted by atomic mass is 35.5. The minimum atomic E-state index is -1.25. The van der Waals surface area contributed by atoms with Crippen LogP contribution in [0.25, 0.3) is 0 Å². The maximum absolute atomic E-state index is 12.3. The number of benzene rings is 1. The number of hydrogen-bond donors (Lipinski definition) is 0. The molecule has 0 aliphatic carbocycles. The number of pyridine rings is 1. The molecule has 0 saturated carbocycles. The zero-order valence-electron chi connectivity index (χ0n) is 14.5. The van der Waals surface area contributed by atoms with Crippen LogP contribution in [0, 0.1) is 6.92 Å². The highest BCUT2D eigenvalue weighted by Gasteiger charge is 2.33. The summed E-state index contributed by atoms with van der Waals surface area (Å²) >= 11 is 5.82. The molecule has 1 aromatic carbocycles. The molecule has 2 aromatic rings. The van der Waals surface area contributed by atoms with Gasteiger partial charge < -0.3 is 14.2 Å². The van der Waals surface area contributed by atoms with Crippen LogP contribution < -0.4 is 4.74 Å². The first-order valence-corrected chi connectivity index (χ1v) is 8.21. The maximum atomic E-state index is 12.3. The molecule has 1 atom stereocenters. The van der Waals surface area contributed by atoms with Crippen LogP contribution in [0.15, 0.2) is 48.8 Å². The van der Waals surface area contributed by atoms with Gasteiger partial charge in [0.25, 0.3) is 0 Å². The molecule has 1 aromatic heterocycles. The van der Waals surface area contributed by atoms with Crippen LogP contribution in [0.3, 0.4) is 0 Å². The second-order valence-corrected chi connectivity index (χ2v) is 6.37. The van der Waals surface area contributed by atoms with Crippen molar-refractivity contribution in [3.05, 3.63) is 66.3 Å². The fourth-order valence-corrected chi connectivity index (χ4v) is 2.03. The van der Waals surface area contributed by atoms with Crippen LogP contribution in [-0.4, -0.2) is 35.2 Å². The van der Waals surface area contributed by atoms with E-state index in [1.54, 1.807) is 56.4 Å². The van der Waals surface area contributed by atoms with Crippen molar-refractivity contribution in [1.29, 1.82) is 0 Å². The summed E-state index contributed by atoms with van der Waals surface area (Å²) in [6.45, 7) is 6.62. The Morgan fingerprint density at radius 2 is 1.92 bits per heavy atom. The first-order chi connectivity index (χ1) is 12.3. The van der Waals surface area contributed by atoms with E-state index in [9.17, 15) is 9.59 Å². The van der Waals surface area contributed by atoms with E-state index in [0.717, 1.165) is 0 Å². The number of rotatable bonds is 7. The van der Waals surface area contributed by atoms with Crippen molar-refractivity contribution in [2.24, 2.45) is 0 Å². The van der Waals surface area contributed by atoms with Crippen molar-refractivity contribution in [3.63, 3.8) is 0 Å². The average molecular weight is 377 g/mol. The lowest BCUT2D eigenvalue weighted by Gasteiger charge is -2.26. The summed E-state index contributed by atoms with van der Waals surface area (Å²) in [6, 6.07) is 9.79. The molecule has 6 nitrogen and oxygen atoms in total. The molecule has 0 amide bonds. The first-order valence-electron chi connectivity index (χ1n) is 7.84. The molecule has 1 unspecified atom stereocenters. The highest BCUT2D eigenvalue weighted by Crippen LogP contribution is 2.22. The van der Waals surface area contributed by atoms with Gasteiger partial charge in [0, 0.05) is 17.4 Å². The smallest absolute Gasteiger partial charge is 0.350 e. The molecule has 1 heterocycles. The number of esters is 2. The molecule has 1 radical (unpaired) electrons. The topological polar surface area (TPSA) is 74.7 Å². The van der Waals surface area contributed by atoms with Crippen LogP contribution in [0.1, 0.15) is 24.2 Å². The Morgan fingerprint density at radius 3 is 2.54 bits per heavy atom. The first kappa shape index (κ1) is 19.7. The Hall–Kier alpha value is -2.60. The number of nitrogens with zero attached hydrogens (tertiary/aromatic N) is 1. The van der Waals surface area contributed by atoms with Gasteiger partial charge >= 0.3 is 11.9 Å². The van der Waals surface area contributed by atoms with Crippen LogP contribution in [0.4, 0.5) is 0 Å². The molecule has 7 heteroatoms. The Labute approximate surface area is 157 Å². The van der Waals surface area contributed by atoms with E-state index < -0.39 is 23.6 Å². The molecule has 0 aliphatic heterocycles. The number of ether oxygens (including phenoxy) is 3. The lowest BCUT2D eigenvalue weighted by Crippen LogP contribution is -2.42. The van der Waals surface area contributed by atoms with E-state index >= 15 is 0 Å². The third-order valence-corrected chi connectivity index (χ3v) is 3.50. The molecule has 0 aliphatic rings. The molecule has 0 N–H and O–H groups in total. The van der Waals surface area contributed by atoms with E-state index in [4.69, 9.17) is 25.8 Å². The SMILES string of the molecule is [CH2]C(COC(=O)c1cccnc1)OC(=O)C(C)(C)Oc1ccc(Cl)cc1. The number of aromatic nitrogens is 1. The van der Waals surface area contributed by atoms with Gasteiger partial charge in [-0.1, -0.05) is 11.6 Å². The number of halogens is 1. The predicted molar refractivity (Wildman–Crippen MR) is 95.9 cm³/mol. The third-order valence-electron chi connectivity index (χ3n) is 3.25. The van der Waals surface area contributed by atoms with Crippen molar-refractivity contribution in [2.45, 2.75) is 25.6 Å². The Kier molecular flexibility index (Phi) is 6.58. The van der Waals surface area contributed by atoms with Crippen molar-refractivity contribution >= 4 is 23.5 Å². The summed E-state index contributed by atoms with van der Waals surface area (Å²) < 4.78 is 15.9. The second kappa shape index (κ2) is 8.67. The van der Waals surface area contributed by atoms with Gasteiger partial charge in [-0.15, -0.1) is 0 Å². The Bertz CT molecular complexity index is 746. The van der Waals surface area contributed by atoms with E-state index in [2.05, 4.69) is 11.9 Å². The molecule has 0 fully saturated rings. The largest absolute Gasteiger partial charge is 0.476 e. The van der Waals surface area contributed by atoms with Crippen molar-refractivity contribution in [2.75, 3.05) is 6.61 Å².